The van der Waals surface area contributed by atoms with E-state index in [1.807, 2.05) is 0 Å². The minimum Gasteiger partial charge on any atom is -0.478 e. The monoisotopic (exact) mass is 350 g/mol. The maximum atomic E-state index is 12.6. The number of aliphatic carboxylic acids is 1. The molecule has 0 aromatic heterocycles. The molecule has 0 aliphatic carbocycles. The van der Waals surface area contributed by atoms with Crippen molar-refractivity contribution < 1.29 is 45.8 Å². The highest BCUT2D eigenvalue weighted by molar-refractivity contribution is 5.90. The lowest BCUT2D eigenvalue weighted by Gasteiger charge is -2.34. The summed E-state index contributed by atoms with van der Waals surface area (Å²) in [4.78, 5) is 21.6. The Morgan fingerprint density at radius 1 is 1.00 bits per heavy atom. The first kappa shape index (κ1) is 21.3. The van der Waals surface area contributed by atoms with Crippen LogP contribution in [0.3, 0.4) is 0 Å². The molecular formula is C13H16F6O4. The van der Waals surface area contributed by atoms with Crippen molar-refractivity contribution in [2.75, 3.05) is 0 Å². The lowest BCUT2D eigenvalue weighted by Crippen LogP contribution is -2.43. The maximum Gasteiger partial charge on any atom is 0.400 e. The largest absolute Gasteiger partial charge is 0.478 e. The van der Waals surface area contributed by atoms with E-state index in [1.54, 1.807) is 0 Å². The third-order valence-corrected chi connectivity index (χ3v) is 2.83. The van der Waals surface area contributed by atoms with E-state index in [2.05, 4.69) is 4.74 Å². The summed E-state index contributed by atoms with van der Waals surface area (Å²) in [5.74, 6) is -6.51. The van der Waals surface area contributed by atoms with Crippen molar-refractivity contribution in [3.05, 3.63) is 12.2 Å². The Kier molecular flexibility index (Phi) is 6.68. The van der Waals surface area contributed by atoms with Crippen molar-refractivity contribution in [3.63, 3.8) is 0 Å². The van der Waals surface area contributed by atoms with E-state index in [9.17, 15) is 35.9 Å². The van der Waals surface area contributed by atoms with Crippen LogP contribution in [0.2, 0.25) is 0 Å². The van der Waals surface area contributed by atoms with E-state index in [1.165, 1.54) is 20.8 Å². The number of carboxylic acids is 1. The minimum absolute atomic E-state index is 0.368. The number of hydrogen-bond acceptors (Lipinski definition) is 3. The van der Waals surface area contributed by atoms with Crippen molar-refractivity contribution in [1.82, 2.24) is 0 Å². The predicted molar refractivity (Wildman–Crippen MR) is 66.3 cm³/mol. The fraction of sp³-hybridized carbons (Fsp3) is 0.692. The molecule has 0 bridgehead atoms. The second-order valence-electron chi connectivity index (χ2n) is 5.83. The van der Waals surface area contributed by atoms with Crippen molar-refractivity contribution >= 4 is 11.9 Å². The maximum absolute atomic E-state index is 12.6. The van der Waals surface area contributed by atoms with E-state index in [4.69, 9.17) is 5.11 Å². The van der Waals surface area contributed by atoms with Gasteiger partial charge in [-0.2, -0.15) is 26.3 Å². The number of halogens is 6. The highest BCUT2D eigenvalue weighted by Crippen LogP contribution is 2.44. The zero-order valence-electron chi connectivity index (χ0n) is 12.5. The molecule has 0 aromatic rings. The zero-order chi connectivity index (χ0) is 18.6. The molecule has 134 valence electrons. The molecule has 0 aromatic carbocycles. The molecule has 0 amide bonds. The van der Waals surface area contributed by atoms with Gasteiger partial charge in [-0.25, -0.2) is 9.59 Å². The van der Waals surface area contributed by atoms with Gasteiger partial charge in [0.25, 0.3) is 0 Å². The van der Waals surface area contributed by atoms with Gasteiger partial charge in [-0.1, -0.05) is 20.8 Å². The van der Waals surface area contributed by atoms with Gasteiger partial charge in [-0.15, -0.1) is 0 Å². The highest BCUT2D eigenvalue weighted by atomic mass is 19.4. The highest BCUT2D eigenvalue weighted by Gasteiger charge is 2.58. The first-order valence-electron chi connectivity index (χ1n) is 6.30. The van der Waals surface area contributed by atoms with Crippen molar-refractivity contribution in [3.8, 4) is 0 Å². The van der Waals surface area contributed by atoms with Gasteiger partial charge in [0.1, 0.15) is 6.10 Å². The summed E-state index contributed by atoms with van der Waals surface area (Å²) in [6, 6.07) is 0. The summed E-state index contributed by atoms with van der Waals surface area (Å²) in [6.45, 7) is 3.90. The molecule has 0 radical (unpaired) electrons. The molecule has 1 unspecified atom stereocenters. The van der Waals surface area contributed by atoms with Gasteiger partial charge in [0, 0.05) is 18.6 Å². The second-order valence-corrected chi connectivity index (χ2v) is 5.83. The Labute approximate surface area is 128 Å². The Hall–Kier alpha value is -1.74. The summed E-state index contributed by atoms with van der Waals surface area (Å²) in [5.41, 5.74) is -1.22. The van der Waals surface area contributed by atoms with Crippen LogP contribution >= 0.6 is 0 Å². The lowest BCUT2D eigenvalue weighted by atomic mass is 9.83. The quantitative estimate of drug-likeness (QED) is 0.466. The van der Waals surface area contributed by atoms with Gasteiger partial charge < -0.3 is 9.84 Å². The number of carboxylic acid groups (broad SMARTS) is 1. The van der Waals surface area contributed by atoms with E-state index < -0.39 is 48.1 Å². The van der Waals surface area contributed by atoms with Gasteiger partial charge >= 0.3 is 24.3 Å². The molecule has 23 heavy (non-hydrogen) atoms. The normalized spacial score (nSPS) is 15.0. The van der Waals surface area contributed by atoms with Gasteiger partial charge in [-0.05, 0) is 5.41 Å². The van der Waals surface area contributed by atoms with Crippen molar-refractivity contribution in [2.45, 2.75) is 45.6 Å². The summed E-state index contributed by atoms with van der Waals surface area (Å²) < 4.78 is 80.2. The third-order valence-electron chi connectivity index (χ3n) is 2.83. The van der Waals surface area contributed by atoms with E-state index in [0.29, 0.717) is 12.2 Å². The van der Waals surface area contributed by atoms with E-state index in [-0.39, 0.29) is 0 Å². The fourth-order valence-corrected chi connectivity index (χ4v) is 1.56. The van der Waals surface area contributed by atoms with Crippen molar-refractivity contribution in [1.29, 1.82) is 0 Å². The van der Waals surface area contributed by atoms with Crippen LogP contribution in [0.25, 0.3) is 0 Å². The zero-order valence-corrected chi connectivity index (χ0v) is 12.5. The Morgan fingerprint density at radius 3 is 1.74 bits per heavy atom. The predicted octanol–water partition coefficient (Wildman–Crippen LogP) is 3.72. The van der Waals surface area contributed by atoms with Crippen LogP contribution in [-0.2, 0) is 14.3 Å². The number of carbonyl (C=O) groups is 2. The molecule has 0 heterocycles. The van der Waals surface area contributed by atoms with E-state index >= 15 is 0 Å². The van der Waals surface area contributed by atoms with Gasteiger partial charge in [0.05, 0.1) is 0 Å². The number of hydrogen-bond donors (Lipinski definition) is 1. The van der Waals surface area contributed by atoms with E-state index in [0.717, 1.165) is 0 Å². The van der Waals surface area contributed by atoms with Crippen LogP contribution in [0.5, 0.6) is 0 Å². The van der Waals surface area contributed by atoms with Crippen LogP contribution in [0, 0.1) is 11.3 Å². The lowest BCUT2D eigenvalue weighted by molar-refractivity contribution is -0.292. The molecular weight excluding hydrogens is 334 g/mol. The van der Waals surface area contributed by atoms with Crippen molar-refractivity contribution in [2.24, 2.45) is 11.3 Å². The molecule has 1 N–H and O–H groups in total. The molecule has 10 heteroatoms. The summed E-state index contributed by atoms with van der Waals surface area (Å²) in [7, 11) is 0. The molecule has 0 rings (SSSR count). The first-order chi connectivity index (χ1) is 10.0. The Balaban J connectivity index is 5.35. The molecule has 0 saturated carbocycles. The van der Waals surface area contributed by atoms with Gasteiger partial charge in [0.2, 0.25) is 0 Å². The standard InChI is InChI=1S/C13H16F6O4/c1-11(2,3)8(23-10(22)5-4-9(20)21)6-7(12(14,15)16)13(17,18)19/h4-5,7-8H,6H2,1-3H3,(H,20,21)/b5-4-. The smallest absolute Gasteiger partial charge is 0.400 e. The number of ether oxygens (including phenoxy) is 1. The number of carbonyl (C=O) groups excluding carboxylic acids is 1. The number of esters is 1. The summed E-state index contributed by atoms with van der Waals surface area (Å²) >= 11 is 0. The Morgan fingerprint density at radius 2 is 1.43 bits per heavy atom. The second kappa shape index (κ2) is 7.22. The topological polar surface area (TPSA) is 63.6 Å². The van der Waals surface area contributed by atoms with Gasteiger partial charge in [0.15, 0.2) is 5.92 Å². The number of alkyl halides is 6. The summed E-state index contributed by atoms with van der Waals surface area (Å²) in [5, 5.41) is 8.32. The van der Waals surface area contributed by atoms with Crippen LogP contribution in [0.1, 0.15) is 27.2 Å². The van der Waals surface area contributed by atoms with Crippen LogP contribution in [0.15, 0.2) is 12.2 Å². The molecule has 0 aliphatic rings. The molecule has 0 aliphatic heterocycles. The molecule has 0 spiro atoms. The molecule has 1 atom stereocenters. The molecule has 0 fully saturated rings. The summed E-state index contributed by atoms with van der Waals surface area (Å²) in [6.07, 6.45) is -13.6. The average molecular weight is 350 g/mol. The Bertz CT molecular complexity index is 445. The first-order valence-corrected chi connectivity index (χ1v) is 6.30. The fourth-order valence-electron chi connectivity index (χ4n) is 1.56. The molecule has 0 saturated heterocycles. The SMILES string of the molecule is CC(C)(C)C(CC(C(F)(F)F)C(F)(F)F)OC(=O)/C=C\C(=O)O. The minimum atomic E-state index is -5.55. The third kappa shape index (κ3) is 7.89. The van der Waals surface area contributed by atoms with Crippen LogP contribution in [0.4, 0.5) is 26.3 Å². The average Bonchev–Trinajstić information content (AvgIpc) is 2.26. The number of rotatable bonds is 5. The van der Waals surface area contributed by atoms with Gasteiger partial charge in [-0.3, -0.25) is 0 Å². The van der Waals surface area contributed by atoms with Crippen LogP contribution < -0.4 is 0 Å². The van der Waals surface area contributed by atoms with Crippen LogP contribution in [-0.4, -0.2) is 35.5 Å². The molecule has 4 nitrogen and oxygen atoms in total.